The number of amides is 2. The summed E-state index contributed by atoms with van der Waals surface area (Å²) in [7, 11) is 3.19. The van der Waals surface area contributed by atoms with Gasteiger partial charge in [-0.3, -0.25) is 4.79 Å². The van der Waals surface area contributed by atoms with E-state index < -0.39 is 0 Å². The van der Waals surface area contributed by atoms with Crippen LogP contribution in [0.15, 0.2) is 71.5 Å². The van der Waals surface area contributed by atoms with Crippen molar-refractivity contribution in [3.8, 4) is 11.5 Å². The van der Waals surface area contributed by atoms with Crippen LogP contribution in [0.1, 0.15) is 22.3 Å². The van der Waals surface area contributed by atoms with E-state index in [0.717, 1.165) is 27.6 Å². The predicted molar refractivity (Wildman–Crippen MR) is 143 cm³/mol. The summed E-state index contributed by atoms with van der Waals surface area (Å²) in [6.45, 7) is 4.60. The van der Waals surface area contributed by atoms with Crippen LogP contribution >= 0.6 is 0 Å². The first-order valence-electron chi connectivity index (χ1n) is 11.8. The lowest BCUT2D eigenvalue weighted by atomic mass is 10.0. The van der Waals surface area contributed by atoms with Crippen molar-refractivity contribution < 1.29 is 14.3 Å². The summed E-state index contributed by atoms with van der Waals surface area (Å²) in [4.78, 5) is 30.9. The minimum Gasteiger partial charge on any atom is -0.493 e. The Kier molecular flexibility index (Phi) is 7.59. The minimum absolute atomic E-state index is 0.171. The van der Waals surface area contributed by atoms with E-state index in [1.807, 2.05) is 74.5 Å². The number of fused-ring (bicyclic) bond motifs is 1. The Morgan fingerprint density at radius 1 is 0.944 bits per heavy atom. The highest BCUT2D eigenvalue weighted by molar-refractivity contribution is 5.89. The average Bonchev–Trinajstić information content (AvgIpc) is 2.87. The van der Waals surface area contributed by atoms with Crippen molar-refractivity contribution in [2.24, 2.45) is 0 Å². The molecule has 0 aliphatic carbocycles. The number of hydrogen-bond donors (Lipinski definition) is 2. The summed E-state index contributed by atoms with van der Waals surface area (Å²) in [5.74, 6) is 1.28. The van der Waals surface area contributed by atoms with Crippen molar-refractivity contribution >= 4 is 22.6 Å². The van der Waals surface area contributed by atoms with E-state index in [4.69, 9.17) is 9.47 Å². The zero-order chi connectivity index (χ0) is 25.7. The molecular weight excluding hydrogens is 454 g/mol. The van der Waals surface area contributed by atoms with Gasteiger partial charge in [0.15, 0.2) is 11.5 Å². The number of carbonyl (C=O) groups excluding carboxylic acids is 1. The lowest BCUT2D eigenvalue weighted by Gasteiger charge is -2.23. The largest absolute Gasteiger partial charge is 0.493 e. The molecule has 3 aromatic carbocycles. The van der Waals surface area contributed by atoms with Gasteiger partial charge in [0.25, 0.3) is 5.56 Å². The normalized spacial score (nSPS) is 10.8. The topological polar surface area (TPSA) is 83.7 Å². The fraction of sp³-hybridized carbons (Fsp3) is 0.241. The van der Waals surface area contributed by atoms with Gasteiger partial charge in [-0.1, -0.05) is 30.3 Å². The van der Waals surface area contributed by atoms with E-state index in [2.05, 4.69) is 16.4 Å². The zero-order valence-corrected chi connectivity index (χ0v) is 21.1. The molecule has 0 aliphatic heterocycles. The third-order valence-corrected chi connectivity index (χ3v) is 6.18. The molecule has 186 valence electrons. The molecule has 2 N–H and O–H groups in total. The molecule has 0 radical (unpaired) electrons. The standard InChI is InChI=1S/C29H31N3O4/c1-19-14-20(2)24-17-22(28(33)31-25(24)15-19)18-32(29(34)30-23-8-6-5-7-9-23)13-12-21-10-11-26(35-3)27(16-21)36-4/h5-11,14-17H,12-13,18H2,1-4H3,(H,30,34)(H,31,33). The van der Waals surface area contributed by atoms with Gasteiger partial charge < -0.3 is 24.7 Å². The number of hydrogen-bond acceptors (Lipinski definition) is 4. The Bertz CT molecular complexity index is 1430. The first-order chi connectivity index (χ1) is 17.4. The molecule has 0 saturated heterocycles. The molecular formula is C29H31N3O4. The highest BCUT2D eigenvalue weighted by atomic mass is 16.5. The average molecular weight is 486 g/mol. The molecule has 0 spiro atoms. The maximum absolute atomic E-state index is 13.3. The number of methoxy groups -OCH3 is 2. The molecule has 0 fully saturated rings. The van der Waals surface area contributed by atoms with Gasteiger partial charge in [0, 0.05) is 28.7 Å². The number of aromatic amines is 1. The number of H-pyrrole nitrogens is 1. The molecule has 7 nitrogen and oxygen atoms in total. The molecule has 36 heavy (non-hydrogen) atoms. The van der Waals surface area contributed by atoms with E-state index in [9.17, 15) is 9.59 Å². The van der Waals surface area contributed by atoms with Gasteiger partial charge in [-0.05, 0) is 73.4 Å². The van der Waals surface area contributed by atoms with Gasteiger partial charge in [-0.15, -0.1) is 0 Å². The number of anilines is 1. The third-order valence-electron chi connectivity index (χ3n) is 6.18. The van der Waals surface area contributed by atoms with E-state index in [1.54, 1.807) is 19.1 Å². The van der Waals surface area contributed by atoms with Crippen LogP contribution in [0, 0.1) is 13.8 Å². The first kappa shape index (κ1) is 24.9. The number of aromatic nitrogens is 1. The molecule has 1 aromatic heterocycles. The number of benzene rings is 3. The van der Waals surface area contributed by atoms with Crippen LogP contribution in [0.2, 0.25) is 0 Å². The number of para-hydroxylation sites is 1. The number of carbonyl (C=O) groups is 1. The van der Waals surface area contributed by atoms with E-state index in [0.29, 0.717) is 35.7 Å². The van der Waals surface area contributed by atoms with Crippen molar-refractivity contribution in [1.29, 1.82) is 0 Å². The Hall–Kier alpha value is -4.26. The zero-order valence-electron chi connectivity index (χ0n) is 21.1. The van der Waals surface area contributed by atoms with Crippen LogP contribution in [0.3, 0.4) is 0 Å². The summed E-state index contributed by atoms with van der Waals surface area (Å²) in [5.41, 5.74) is 4.98. The molecule has 0 unspecified atom stereocenters. The predicted octanol–water partition coefficient (Wildman–Crippen LogP) is 5.44. The number of ether oxygens (including phenoxy) is 2. The number of nitrogens with zero attached hydrogens (tertiary/aromatic N) is 1. The third kappa shape index (κ3) is 5.68. The quantitative estimate of drug-likeness (QED) is 0.348. The molecule has 0 bridgehead atoms. The molecule has 2 amide bonds. The van der Waals surface area contributed by atoms with Crippen LogP contribution in [0.25, 0.3) is 10.9 Å². The SMILES string of the molecule is COc1ccc(CCN(Cc2cc3c(C)cc(C)cc3[nH]c2=O)C(=O)Nc2ccccc2)cc1OC. The van der Waals surface area contributed by atoms with Crippen LogP contribution in [0.4, 0.5) is 10.5 Å². The van der Waals surface area contributed by atoms with Gasteiger partial charge in [-0.25, -0.2) is 4.79 Å². The lowest BCUT2D eigenvalue weighted by Crippen LogP contribution is -2.37. The highest BCUT2D eigenvalue weighted by Crippen LogP contribution is 2.28. The van der Waals surface area contributed by atoms with Gasteiger partial charge in [0.2, 0.25) is 0 Å². The Labute approximate surface area is 210 Å². The monoisotopic (exact) mass is 485 g/mol. The molecule has 0 aliphatic rings. The molecule has 1 heterocycles. The maximum Gasteiger partial charge on any atom is 0.322 e. The summed E-state index contributed by atoms with van der Waals surface area (Å²) in [5, 5.41) is 3.92. The Morgan fingerprint density at radius 2 is 1.69 bits per heavy atom. The van der Waals surface area contributed by atoms with Crippen LogP contribution in [-0.4, -0.2) is 36.7 Å². The second-order valence-corrected chi connectivity index (χ2v) is 8.82. The second-order valence-electron chi connectivity index (χ2n) is 8.82. The molecule has 7 heteroatoms. The van der Waals surface area contributed by atoms with Gasteiger partial charge in [-0.2, -0.15) is 0 Å². The van der Waals surface area contributed by atoms with Crippen molar-refractivity contribution in [3.05, 3.63) is 99.3 Å². The van der Waals surface area contributed by atoms with Gasteiger partial charge in [0.05, 0.1) is 20.8 Å². The first-order valence-corrected chi connectivity index (χ1v) is 11.8. The molecule has 4 rings (SSSR count). The van der Waals surface area contributed by atoms with E-state index in [1.165, 1.54) is 0 Å². The summed E-state index contributed by atoms with van der Waals surface area (Å²) in [6, 6.07) is 20.6. The number of aryl methyl sites for hydroxylation is 2. The molecule has 0 saturated carbocycles. The van der Waals surface area contributed by atoms with Crippen molar-refractivity contribution in [1.82, 2.24) is 9.88 Å². The van der Waals surface area contributed by atoms with Crippen molar-refractivity contribution in [3.63, 3.8) is 0 Å². The fourth-order valence-electron chi connectivity index (χ4n) is 4.32. The molecule has 4 aromatic rings. The smallest absolute Gasteiger partial charge is 0.322 e. The van der Waals surface area contributed by atoms with E-state index in [-0.39, 0.29) is 18.1 Å². The highest BCUT2D eigenvalue weighted by Gasteiger charge is 2.18. The number of nitrogens with one attached hydrogen (secondary N) is 2. The Morgan fingerprint density at radius 3 is 2.42 bits per heavy atom. The summed E-state index contributed by atoms with van der Waals surface area (Å²) < 4.78 is 10.7. The van der Waals surface area contributed by atoms with E-state index >= 15 is 0 Å². The number of pyridine rings is 1. The van der Waals surface area contributed by atoms with Gasteiger partial charge >= 0.3 is 6.03 Å². The van der Waals surface area contributed by atoms with Gasteiger partial charge in [0.1, 0.15) is 0 Å². The molecule has 0 atom stereocenters. The maximum atomic E-state index is 13.3. The lowest BCUT2D eigenvalue weighted by molar-refractivity contribution is 0.209. The van der Waals surface area contributed by atoms with Crippen LogP contribution in [-0.2, 0) is 13.0 Å². The number of rotatable bonds is 8. The second kappa shape index (κ2) is 11.0. The van der Waals surface area contributed by atoms with Crippen molar-refractivity contribution in [2.75, 3.05) is 26.1 Å². The van der Waals surface area contributed by atoms with Crippen LogP contribution < -0.4 is 20.3 Å². The summed E-state index contributed by atoms with van der Waals surface area (Å²) in [6.07, 6.45) is 0.576. The summed E-state index contributed by atoms with van der Waals surface area (Å²) >= 11 is 0. The number of urea groups is 1. The fourth-order valence-corrected chi connectivity index (χ4v) is 4.32. The minimum atomic E-state index is -0.276. The Balaban J connectivity index is 1.62. The van der Waals surface area contributed by atoms with Crippen molar-refractivity contribution in [2.45, 2.75) is 26.8 Å². The van der Waals surface area contributed by atoms with Crippen LogP contribution in [0.5, 0.6) is 11.5 Å².